The fourth-order valence-electron chi connectivity index (χ4n) is 2.99. The standard InChI is InChI=1S/C20H26N6O3S/c1-13(2)24-30(28,29)16-8-9-19-18(12-16)23-25-26(19)11-10-21-20(27)22-17-7-5-6-14(3)15(17)4/h5-9,12-13,24H,10-11H2,1-4H3,(H2,21,22,27). The maximum absolute atomic E-state index is 12.3. The number of carbonyl (C=O) groups is 1. The van der Waals surface area contributed by atoms with Crippen molar-refractivity contribution in [2.75, 3.05) is 11.9 Å². The molecule has 0 saturated heterocycles. The van der Waals surface area contributed by atoms with Crippen molar-refractivity contribution in [1.82, 2.24) is 25.0 Å². The number of hydrogen-bond acceptors (Lipinski definition) is 5. The van der Waals surface area contributed by atoms with Crippen LogP contribution in [0, 0.1) is 13.8 Å². The third-order valence-electron chi connectivity index (χ3n) is 4.65. The van der Waals surface area contributed by atoms with Gasteiger partial charge in [0.25, 0.3) is 0 Å². The molecule has 0 radical (unpaired) electrons. The molecule has 0 bridgehead atoms. The van der Waals surface area contributed by atoms with Crippen molar-refractivity contribution in [2.45, 2.75) is 45.2 Å². The molecular formula is C20H26N6O3S. The predicted octanol–water partition coefficient (Wildman–Crippen LogP) is 2.56. The van der Waals surface area contributed by atoms with Gasteiger partial charge in [0.15, 0.2) is 0 Å². The van der Waals surface area contributed by atoms with E-state index in [9.17, 15) is 13.2 Å². The van der Waals surface area contributed by atoms with Crippen molar-refractivity contribution >= 4 is 32.8 Å². The number of nitrogens with zero attached hydrogens (tertiary/aromatic N) is 3. The Morgan fingerprint density at radius 1 is 1.17 bits per heavy atom. The molecule has 2 aromatic carbocycles. The van der Waals surface area contributed by atoms with E-state index in [0.29, 0.717) is 24.1 Å². The minimum atomic E-state index is -3.60. The Labute approximate surface area is 175 Å². The van der Waals surface area contributed by atoms with Gasteiger partial charge in [-0.05, 0) is 63.1 Å². The average Bonchev–Trinajstić information content (AvgIpc) is 3.07. The van der Waals surface area contributed by atoms with E-state index >= 15 is 0 Å². The molecule has 10 heteroatoms. The number of hydrogen-bond donors (Lipinski definition) is 3. The molecule has 1 heterocycles. The zero-order valence-corrected chi connectivity index (χ0v) is 18.2. The first-order chi connectivity index (χ1) is 14.2. The third-order valence-corrected chi connectivity index (χ3v) is 6.30. The smallest absolute Gasteiger partial charge is 0.319 e. The Kier molecular flexibility index (Phi) is 6.37. The molecule has 30 heavy (non-hydrogen) atoms. The van der Waals surface area contributed by atoms with Crippen LogP contribution in [0.15, 0.2) is 41.3 Å². The lowest BCUT2D eigenvalue weighted by Gasteiger charge is -2.11. The van der Waals surface area contributed by atoms with Crippen LogP contribution in [-0.2, 0) is 16.6 Å². The molecule has 0 aliphatic rings. The highest BCUT2D eigenvalue weighted by molar-refractivity contribution is 7.89. The van der Waals surface area contributed by atoms with E-state index in [1.165, 1.54) is 12.1 Å². The summed E-state index contributed by atoms with van der Waals surface area (Å²) < 4.78 is 28.8. The van der Waals surface area contributed by atoms with Crippen LogP contribution in [0.3, 0.4) is 0 Å². The van der Waals surface area contributed by atoms with E-state index in [-0.39, 0.29) is 17.0 Å². The van der Waals surface area contributed by atoms with E-state index in [1.54, 1.807) is 24.6 Å². The fourth-order valence-corrected chi connectivity index (χ4v) is 4.26. The maximum Gasteiger partial charge on any atom is 0.319 e. The summed E-state index contributed by atoms with van der Waals surface area (Å²) >= 11 is 0. The first kappa shape index (κ1) is 21.7. The number of amides is 2. The lowest BCUT2D eigenvalue weighted by Crippen LogP contribution is -2.32. The van der Waals surface area contributed by atoms with Crippen LogP contribution in [0.5, 0.6) is 0 Å². The Bertz CT molecular complexity index is 1170. The number of sulfonamides is 1. The summed E-state index contributed by atoms with van der Waals surface area (Å²) in [5.74, 6) is 0. The highest BCUT2D eigenvalue weighted by Crippen LogP contribution is 2.18. The largest absolute Gasteiger partial charge is 0.336 e. The molecule has 1 aromatic heterocycles. The highest BCUT2D eigenvalue weighted by Gasteiger charge is 2.17. The predicted molar refractivity (Wildman–Crippen MR) is 116 cm³/mol. The third kappa shape index (κ3) is 4.95. The minimum absolute atomic E-state index is 0.141. The minimum Gasteiger partial charge on any atom is -0.336 e. The molecule has 0 aliphatic heterocycles. The number of carbonyl (C=O) groups excluding carboxylic acids is 1. The van der Waals surface area contributed by atoms with Gasteiger partial charge in [0, 0.05) is 18.3 Å². The Balaban J connectivity index is 1.63. The zero-order valence-electron chi connectivity index (χ0n) is 17.4. The lowest BCUT2D eigenvalue weighted by molar-refractivity contribution is 0.251. The second kappa shape index (κ2) is 8.80. The van der Waals surface area contributed by atoms with Crippen molar-refractivity contribution in [3.63, 3.8) is 0 Å². The Hall–Kier alpha value is -2.98. The van der Waals surface area contributed by atoms with Crippen LogP contribution in [0.25, 0.3) is 11.0 Å². The second-order valence-electron chi connectivity index (χ2n) is 7.37. The van der Waals surface area contributed by atoms with Gasteiger partial charge in [0.1, 0.15) is 5.52 Å². The molecule has 0 aliphatic carbocycles. The molecule has 0 spiro atoms. The van der Waals surface area contributed by atoms with E-state index in [2.05, 4.69) is 25.7 Å². The van der Waals surface area contributed by atoms with Gasteiger partial charge in [-0.25, -0.2) is 22.6 Å². The summed E-state index contributed by atoms with van der Waals surface area (Å²) in [6.07, 6.45) is 0. The molecule has 2 amide bonds. The van der Waals surface area contributed by atoms with Gasteiger partial charge in [-0.2, -0.15) is 0 Å². The van der Waals surface area contributed by atoms with E-state index in [0.717, 1.165) is 16.8 Å². The molecule has 160 valence electrons. The topological polar surface area (TPSA) is 118 Å². The number of anilines is 1. The normalized spacial score (nSPS) is 11.8. The number of benzene rings is 2. The zero-order chi connectivity index (χ0) is 21.9. The van der Waals surface area contributed by atoms with Crippen LogP contribution in [-0.4, -0.2) is 42.0 Å². The summed E-state index contributed by atoms with van der Waals surface area (Å²) in [5.41, 5.74) is 4.05. The first-order valence-electron chi connectivity index (χ1n) is 9.64. The molecule has 0 atom stereocenters. The van der Waals surface area contributed by atoms with Crippen molar-refractivity contribution < 1.29 is 13.2 Å². The van der Waals surface area contributed by atoms with Crippen LogP contribution in [0.1, 0.15) is 25.0 Å². The molecule has 0 fully saturated rings. The van der Waals surface area contributed by atoms with Crippen molar-refractivity contribution in [2.24, 2.45) is 0 Å². The van der Waals surface area contributed by atoms with Crippen molar-refractivity contribution in [3.8, 4) is 0 Å². The summed E-state index contributed by atoms with van der Waals surface area (Å²) in [6, 6.07) is 9.91. The van der Waals surface area contributed by atoms with Gasteiger partial charge >= 0.3 is 6.03 Å². The maximum atomic E-state index is 12.3. The van der Waals surface area contributed by atoms with Crippen LogP contribution < -0.4 is 15.4 Å². The highest BCUT2D eigenvalue weighted by atomic mass is 32.2. The van der Waals surface area contributed by atoms with Gasteiger partial charge in [0.05, 0.1) is 17.0 Å². The van der Waals surface area contributed by atoms with Crippen LogP contribution >= 0.6 is 0 Å². The van der Waals surface area contributed by atoms with Crippen molar-refractivity contribution in [3.05, 3.63) is 47.5 Å². The number of rotatable bonds is 7. The molecule has 3 rings (SSSR count). The molecule has 3 aromatic rings. The lowest BCUT2D eigenvalue weighted by atomic mass is 10.1. The summed E-state index contributed by atoms with van der Waals surface area (Å²) in [7, 11) is -3.60. The molecular weight excluding hydrogens is 404 g/mol. The van der Waals surface area contributed by atoms with E-state index in [4.69, 9.17) is 0 Å². The Morgan fingerprint density at radius 2 is 1.93 bits per heavy atom. The number of urea groups is 1. The van der Waals surface area contributed by atoms with Gasteiger partial charge in [-0.15, -0.1) is 5.10 Å². The van der Waals surface area contributed by atoms with Gasteiger partial charge < -0.3 is 10.6 Å². The quantitative estimate of drug-likeness (QED) is 0.532. The fraction of sp³-hybridized carbons (Fsp3) is 0.350. The van der Waals surface area contributed by atoms with Gasteiger partial charge in [0.2, 0.25) is 10.0 Å². The molecule has 3 N–H and O–H groups in total. The number of fused-ring (bicyclic) bond motifs is 1. The number of aryl methyl sites for hydroxylation is 1. The van der Waals surface area contributed by atoms with E-state index < -0.39 is 10.0 Å². The van der Waals surface area contributed by atoms with Crippen LogP contribution in [0.4, 0.5) is 10.5 Å². The Morgan fingerprint density at radius 3 is 2.67 bits per heavy atom. The molecule has 9 nitrogen and oxygen atoms in total. The van der Waals surface area contributed by atoms with E-state index in [1.807, 2.05) is 32.0 Å². The monoisotopic (exact) mass is 430 g/mol. The average molecular weight is 431 g/mol. The summed E-state index contributed by atoms with van der Waals surface area (Å²) in [6.45, 7) is 8.20. The second-order valence-corrected chi connectivity index (χ2v) is 9.08. The van der Waals surface area contributed by atoms with Gasteiger partial charge in [-0.3, -0.25) is 0 Å². The molecule has 0 unspecified atom stereocenters. The van der Waals surface area contributed by atoms with Gasteiger partial charge in [-0.1, -0.05) is 17.3 Å². The SMILES string of the molecule is Cc1cccc(NC(=O)NCCn2nnc3cc(S(=O)(=O)NC(C)C)ccc32)c1C. The number of aromatic nitrogens is 3. The van der Waals surface area contributed by atoms with Crippen molar-refractivity contribution in [1.29, 1.82) is 0 Å². The van der Waals surface area contributed by atoms with Crippen LogP contribution in [0.2, 0.25) is 0 Å². The molecule has 0 saturated carbocycles. The number of nitrogens with one attached hydrogen (secondary N) is 3. The summed E-state index contributed by atoms with van der Waals surface area (Å²) in [4.78, 5) is 12.3. The summed E-state index contributed by atoms with van der Waals surface area (Å²) in [5, 5.41) is 13.7. The first-order valence-corrected chi connectivity index (χ1v) is 11.1.